The van der Waals surface area contributed by atoms with Crippen molar-refractivity contribution in [1.29, 1.82) is 0 Å². The lowest BCUT2D eigenvalue weighted by molar-refractivity contribution is -0.137. The fourth-order valence-electron chi connectivity index (χ4n) is 4.05. The zero-order valence-electron chi connectivity index (χ0n) is 20.3. The molecule has 0 unspecified atom stereocenters. The average molecular weight is 514 g/mol. The number of hydrogen-bond donors (Lipinski definition) is 0. The Hall–Kier alpha value is -4.72. The predicted molar refractivity (Wildman–Crippen MR) is 141 cm³/mol. The molecule has 4 aromatic carbocycles. The van der Waals surface area contributed by atoms with Gasteiger partial charge in [0.05, 0.1) is 22.7 Å². The summed E-state index contributed by atoms with van der Waals surface area (Å²) in [4.78, 5) is 17.9. The van der Waals surface area contributed by atoms with Gasteiger partial charge in [0.15, 0.2) is 5.82 Å². The van der Waals surface area contributed by atoms with Gasteiger partial charge in [-0.2, -0.15) is 22.9 Å². The van der Waals surface area contributed by atoms with Crippen LogP contribution in [0.25, 0.3) is 22.3 Å². The summed E-state index contributed by atoms with van der Waals surface area (Å²) in [7, 11) is 0. The minimum atomic E-state index is -4.55. The minimum absolute atomic E-state index is 0.00536. The second kappa shape index (κ2) is 10.3. The van der Waals surface area contributed by atoms with E-state index in [-0.39, 0.29) is 11.4 Å². The molecule has 1 aromatic heterocycles. The Balaban J connectivity index is 1.57. The van der Waals surface area contributed by atoms with Crippen molar-refractivity contribution in [3.63, 3.8) is 0 Å². The van der Waals surface area contributed by atoms with Gasteiger partial charge >= 0.3 is 6.18 Å². The molecule has 5 aromatic rings. The molecule has 0 amide bonds. The second-order valence-electron chi connectivity index (χ2n) is 8.71. The van der Waals surface area contributed by atoms with Crippen molar-refractivity contribution < 1.29 is 17.9 Å². The topological polar surface area (TPSA) is 56.5 Å². The first-order chi connectivity index (χ1) is 18.3. The highest BCUT2D eigenvalue weighted by Gasteiger charge is 2.31. The fraction of sp³-hybridized carbons (Fsp3) is 0.100. The zero-order valence-corrected chi connectivity index (χ0v) is 20.3. The van der Waals surface area contributed by atoms with Crippen molar-refractivity contribution in [3.05, 3.63) is 130 Å². The summed E-state index contributed by atoms with van der Waals surface area (Å²) in [5.41, 5.74) is 1.84. The Morgan fingerprint density at radius 3 is 2.50 bits per heavy atom. The number of aryl methyl sites for hydroxylation is 1. The number of fused-ring (bicyclic) bond motifs is 1. The molecule has 0 atom stereocenters. The van der Waals surface area contributed by atoms with Gasteiger partial charge in [-0.3, -0.25) is 4.79 Å². The van der Waals surface area contributed by atoms with E-state index >= 15 is 0 Å². The first kappa shape index (κ1) is 25.0. The number of alkyl halides is 3. The largest absolute Gasteiger partial charge is 0.488 e. The SMILES string of the molecule is Cc1cccc(COc2ccccc2C=Nn2c(-c3cccc(C(F)(F)F)c3)nc3ccccc3c2=O)c1. The number of nitrogens with zero attached hydrogens (tertiary/aromatic N) is 3. The summed E-state index contributed by atoms with van der Waals surface area (Å²) >= 11 is 0. The Bertz CT molecular complexity index is 1710. The molecule has 8 heteroatoms. The molecule has 0 aliphatic carbocycles. The smallest absolute Gasteiger partial charge is 0.416 e. The number of benzene rings is 4. The summed E-state index contributed by atoms with van der Waals surface area (Å²) < 4.78 is 47.3. The Kier molecular flexibility index (Phi) is 6.79. The number of aromatic nitrogens is 2. The van der Waals surface area contributed by atoms with Gasteiger partial charge in [0.1, 0.15) is 12.4 Å². The van der Waals surface area contributed by atoms with E-state index in [0.29, 0.717) is 28.8 Å². The van der Waals surface area contributed by atoms with Gasteiger partial charge in [-0.05, 0) is 48.9 Å². The van der Waals surface area contributed by atoms with E-state index in [1.807, 2.05) is 37.3 Å². The van der Waals surface area contributed by atoms with Crippen LogP contribution in [0.4, 0.5) is 13.2 Å². The van der Waals surface area contributed by atoms with Crippen LogP contribution in [-0.4, -0.2) is 15.9 Å². The highest BCUT2D eigenvalue weighted by Crippen LogP contribution is 2.32. The molecule has 1 heterocycles. The van der Waals surface area contributed by atoms with Gasteiger partial charge < -0.3 is 4.74 Å². The summed E-state index contributed by atoms with van der Waals surface area (Å²) in [6.07, 6.45) is -3.10. The third-order valence-electron chi connectivity index (χ3n) is 5.91. The molecule has 0 radical (unpaired) electrons. The first-order valence-electron chi connectivity index (χ1n) is 11.8. The van der Waals surface area contributed by atoms with E-state index < -0.39 is 17.3 Å². The third kappa shape index (κ3) is 5.34. The van der Waals surface area contributed by atoms with Gasteiger partial charge in [0.2, 0.25) is 0 Å². The summed E-state index contributed by atoms with van der Waals surface area (Å²) in [6, 6.07) is 26.4. The van der Waals surface area contributed by atoms with Crippen LogP contribution < -0.4 is 10.3 Å². The zero-order chi connectivity index (χ0) is 26.7. The van der Waals surface area contributed by atoms with Crippen LogP contribution in [0.1, 0.15) is 22.3 Å². The highest BCUT2D eigenvalue weighted by atomic mass is 19.4. The Labute approximate surface area is 216 Å². The van der Waals surface area contributed by atoms with Crippen molar-refractivity contribution in [3.8, 4) is 17.1 Å². The van der Waals surface area contributed by atoms with Crippen LogP contribution in [0.15, 0.2) is 107 Å². The predicted octanol–water partition coefficient (Wildman–Crippen LogP) is 6.85. The maximum Gasteiger partial charge on any atom is 0.416 e. The lowest BCUT2D eigenvalue weighted by Crippen LogP contribution is -2.20. The summed E-state index contributed by atoms with van der Waals surface area (Å²) in [5, 5.41) is 4.68. The molecule has 38 heavy (non-hydrogen) atoms. The van der Waals surface area contributed by atoms with Gasteiger partial charge in [-0.15, -0.1) is 0 Å². The van der Waals surface area contributed by atoms with E-state index in [9.17, 15) is 18.0 Å². The van der Waals surface area contributed by atoms with E-state index in [4.69, 9.17) is 4.74 Å². The molecule has 0 aliphatic heterocycles. The van der Waals surface area contributed by atoms with Crippen LogP contribution in [0.5, 0.6) is 5.75 Å². The van der Waals surface area contributed by atoms with Crippen molar-refractivity contribution in [2.75, 3.05) is 0 Å². The molecule has 0 saturated carbocycles. The second-order valence-corrected chi connectivity index (χ2v) is 8.71. The van der Waals surface area contributed by atoms with Gasteiger partial charge in [0, 0.05) is 11.1 Å². The molecule has 5 nitrogen and oxygen atoms in total. The Morgan fingerprint density at radius 1 is 0.921 bits per heavy atom. The molecule has 0 spiro atoms. The third-order valence-corrected chi connectivity index (χ3v) is 5.91. The summed E-state index contributed by atoms with van der Waals surface area (Å²) in [6.45, 7) is 2.33. The molecule has 0 N–H and O–H groups in total. The van der Waals surface area contributed by atoms with E-state index in [1.54, 1.807) is 42.5 Å². The molecule has 0 fully saturated rings. The van der Waals surface area contributed by atoms with E-state index in [2.05, 4.69) is 10.1 Å². The van der Waals surface area contributed by atoms with Gasteiger partial charge in [-0.25, -0.2) is 4.98 Å². The van der Waals surface area contributed by atoms with E-state index in [0.717, 1.165) is 27.9 Å². The van der Waals surface area contributed by atoms with Crippen molar-refractivity contribution in [2.45, 2.75) is 19.7 Å². The standard InChI is InChI=1S/C30H22F3N3O2/c1-20-8-6-9-21(16-20)19-38-27-15-5-2-10-23(27)18-34-36-28(22-11-7-12-24(17-22)30(31,32)33)35-26-14-4-3-13-25(26)29(36)37/h2-18H,19H2,1H3. The lowest BCUT2D eigenvalue weighted by atomic mass is 10.1. The monoisotopic (exact) mass is 513 g/mol. The molecular formula is C30H22F3N3O2. The molecule has 0 aliphatic rings. The number of halogens is 3. The van der Waals surface area contributed by atoms with Crippen LogP contribution in [-0.2, 0) is 12.8 Å². The fourth-order valence-corrected chi connectivity index (χ4v) is 4.05. The van der Waals surface area contributed by atoms with Crippen LogP contribution in [0, 0.1) is 6.92 Å². The molecule has 5 rings (SSSR count). The van der Waals surface area contributed by atoms with Crippen LogP contribution >= 0.6 is 0 Å². The van der Waals surface area contributed by atoms with Crippen LogP contribution in [0.2, 0.25) is 0 Å². The van der Waals surface area contributed by atoms with E-state index in [1.165, 1.54) is 18.3 Å². The normalized spacial score (nSPS) is 11.8. The number of rotatable bonds is 6. The number of hydrogen-bond acceptors (Lipinski definition) is 4. The summed E-state index contributed by atoms with van der Waals surface area (Å²) in [5.74, 6) is 0.536. The highest BCUT2D eigenvalue weighted by molar-refractivity contribution is 5.84. The molecular weight excluding hydrogens is 491 g/mol. The molecule has 190 valence electrons. The number of para-hydroxylation sites is 2. The quantitative estimate of drug-likeness (QED) is 0.233. The minimum Gasteiger partial charge on any atom is -0.488 e. The van der Waals surface area contributed by atoms with Gasteiger partial charge in [0.25, 0.3) is 5.56 Å². The van der Waals surface area contributed by atoms with Crippen molar-refractivity contribution in [1.82, 2.24) is 9.66 Å². The molecule has 0 saturated heterocycles. The first-order valence-corrected chi connectivity index (χ1v) is 11.8. The maximum atomic E-state index is 13.4. The van der Waals surface area contributed by atoms with Crippen molar-refractivity contribution >= 4 is 17.1 Å². The molecule has 0 bridgehead atoms. The average Bonchev–Trinajstić information content (AvgIpc) is 2.91. The maximum absolute atomic E-state index is 13.4. The number of ether oxygens (including phenoxy) is 1. The van der Waals surface area contributed by atoms with Crippen molar-refractivity contribution in [2.24, 2.45) is 5.10 Å². The van der Waals surface area contributed by atoms with Crippen LogP contribution in [0.3, 0.4) is 0 Å². The Morgan fingerprint density at radius 2 is 1.68 bits per heavy atom. The lowest BCUT2D eigenvalue weighted by Gasteiger charge is -2.12. The van der Waals surface area contributed by atoms with Gasteiger partial charge in [-0.1, -0.05) is 66.2 Å².